The number of carboxylic acid groups (broad SMARTS) is 1. The van der Waals surface area contributed by atoms with Gasteiger partial charge in [-0.2, -0.15) is 0 Å². The standard InChI is InChI=1S/C19H23NO4/c1-24-17(21)12-15-13-19(7-9-20(10-8-19)18(22)23)16(15)11-14-5-3-2-4-6-14/h2-6,12,16H,7-11,13H2,1H3,(H,22,23)/b15-12-. The fourth-order valence-electron chi connectivity index (χ4n) is 4.14. The molecule has 1 amide bonds. The Labute approximate surface area is 141 Å². The molecule has 0 aromatic heterocycles. The molecule has 1 N–H and O–H groups in total. The minimum absolute atomic E-state index is 0.113. The first-order chi connectivity index (χ1) is 11.5. The van der Waals surface area contributed by atoms with Crippen LogP contribution < -0.4 is 0 Å². The normalized spacial score (nSPS) is 23.8. The average Bonchev–Trinajstić information content (AvgIpc) is 2.60. The lowest BCUT2D eigenvalue weighted by atomic mass is 9.51. The van der Waals surface area contributed by atoms with Crippen molar-refractivity contribution < 1.29 is 19.4 Å². The van der Waals surface area contributed by atoms with Gasteiger partial charge >= 0.3 is 12.1 Å². The van der Waals surface area contributed by atoms with Gasteiger partial charge in [0.05, 0.1) is 7.11 Å². The Kier molecular flexibility index (Phi) is 4.60. The predicted octanol–water partition coefficient (Wildman–Crippen LogP) is 3.11. The first-order valence-corrected chi connectivity index (χ1v) is 8.34. The number of piperidine rings is 1. The van der Waals surface area contributed by atoms with Crippen molar-refractivity contribution in [2.75, 3.05) is 20.2 Å². The Morgan fingerprint density at radius 1 is 1.29 bits per heavy atom. The maximum absolute atomic E-state index is 11.6. The number of hydrogen-bond acceptors (Lipinski definition) is 3. The van der Waals surface area contributed by atoms with E-state index in [9.17, 15) is 9.59 Å². The molecule has 1 unspecified atom stereocenters. The number of methoxy groups -OCH3 is 1. The Morgan fingerprint density at radius 3 is 2.54 bits per heavy atom. The quantitative estimate of drug-likeness (QED) is 0.683. The number of rotatable bonds is 3. The van der Waals surface area contributed by atoms with Gasteiger partial charge in [-0.25, -0.2) is 9.59 Å². The van der Waals surface area contributed by atoms with Crippen LogP contribution in [0.2, 0.25) is 0 Å². The maximum atomic E-state index is 11.6. The molecule has 128 valence electrons. The zero-order valence-electron chi connectivity index (χ0n) is 13.9. The van der Waals surface area contributed by atoms with Crippen LogP contribution in [0, 0.1) is 11.3 Å². The highest BCUT2D eigenvalue weighted by atomic mass is 16.5. The first kappa shape index (κ1) is 16.6. The van der Waals surface area contributed by atoms with E-state index < -0.39 is 6.09 Å². The number of hydrogen-bond donors (Lipinski definition) is 1. The van der Waals surface area contributed by atoms with Crippen LogP contribution in [0.4, 0.5) is 4.79 Å². The number of amides is 1. The predicted molar refractivity (Wildman–Crippen MR) is 89.6 cm³/mol. The molecular weight excluding hydrogens is 306 g/mol. The van der Waals surface area contributed by atoms with E-state index in [1.807, 2.05) is 18.2 Å². The second kappa shape index (κ2) is 6.67. The van der Waals surface area contributed by atoms with Gasteiger partial charge in [-0.3, -0.25) is 0 Å². The van der Waals surface area contributed by atoms with E-state index in [1.165, 1.54) is 17.6 Å². The lowest BCUT2D eigenvalue weighted by molar-refractivity contribution is -0.135. The van der Waals surface area contributed by atoms with E-state index in [4.69, 9.17) is 9.84 Å². The maximum Gasteiger partial charge on any atom is 0.407 e. The molecule has 1 atom stereocenters. The number of esters is 1. The SMILES string of the molecule is COC(=O)/C=C1/CC2(CCN(C(=O)O)CC2)C1Cc1ccccc1. The van der Waals surface area contributed by atoms with Crippen molar-refractivity contribution in [3.05, 3.63) is 47.5 Å². The molecule has 0 radical (unpaired) electrons. The summed E-state index contributed by atoms with van der Waals surface area (Å²) in [7, 11) is 1.39. The number of benzene rings is 1. The molecule has 0 bridgehead atoms. The summed E-state index contributed by atoms with van der Waals surface area (Å²) in [6, 6.07) is 10.3. The van der Waals surface area contributed by atoms with Gasteiger partial charge in [0, 0.05) is 19.2 Å². The molecule has 1 aromatic rings. The van der Waals surface area contributed by atoms with Crippen LogP contribution in [0.1, 0.15) is 24.8 Å². The van der Waals surface area contributed by atoms with Crippen LogP contribution >= 0.6 is 0 Å². The van der Waals surface area contributed by atoms with Crippen molar-refractivity contribution in [1.29, 1.82) is 0 Å². The van der Waals surface area contributed by atoms with Gasteiger partial charge < -0.3 is 14.7 Å². The topological polar surface area (TPSA) is 66.8 Å². The molecule has 1 spiro atoms. The summed E-state index contributed by atoms with van der Waals surface area (Å²) < 4.78 is 4.78. The third-order valence-corrected chi connectivity index (χ3v) is 5.56. The fourth-order valence-corrected chi connectivity index (χ4v) is 4.14. The van der Waals surface area contributed by atoms with Crippen LogP contribution in [-0.4, -0.2) is 42.3 Å². The van der Waals surface area contributed by atoms with Gasteiger partial charge in [0.15, 0.2) is 0 Å². The molecule has 1 saturated carbocycles. The van der Waals surface area contributed by atoms with E-state index in [1.54, 1.807) is 6.08 Å². The number of likely N-dealkylation sites (tertiary alicyclic amines) is 1. The van der Waals surface area contributed by atoms with Crippen molar-refractivity contribution in [2.45, 2.75) is 25.7 Å². The summed E-state index contributed by atoms with van der Waals surface area (Å²) in [5.41, 5.74) is 2.49. The fraction of sp³-hybridized carbons (Fsp3) is 0.474. The van der Waals surface area contributed by atoms with E-state index in [0.717, 1.165) is 31.3 Å². The van der Waals surface area contributed by atoms with Crippen LogP contribution in [0.5, 0.6) is 0 Å². The van der Waals surface area contributed by atoms with Crippen molar-refractivity contribution in [3.63, 3.8) is 0 Å². The van der Waals surface area contributed by atoms with E-state index in [2.05, 4.69) is 12.1 Å². The molecule has 1 heterocycles. The molecule has 1 saturated heterocycles. The van der Waals surface area contributed by atoms with Crippen LogP contribution in [0.3, 0.4) is 0 Å². The molecule has 1 aliphatic heterocycles. The van der Waals surface area contributed by atoms with Gasteiger partial charge in [-0.1, -0.05) is 35.9 Å². The van der Waals surface area contributed by atoms with Gasteiger partial charge in [0.1, 0.15) is 0 Å². The number of ether oxygens (including phenoxy) is 1. The van der Waals surface area contributed by atoms with Gasteiger partial charge in [-0.15, -0.1) is 0 Å². The number of allylic oxidation sites excluding steroid dienone is 1. The molecule has 3 rings (SSSR count). The highest BCUT2D eigenvalue weighted by Gasteiger charge is 2.51. The lowest BCUT2D eigenvalue weighted by Gasteiger charge is -2.55. The average molecular weight is 329 g/mol. The van der Waals surface area contributed by atoms with E-state index in [0.29, 0.717) is 13.1 Å². The van der Waals surface area contributed by atoms with E-state index in [-0.39, 0.29) is 17.3 Å². The minimum Gasteiger partial charge on any atom is -0.466 e. The number of carbonyl (C=O) groups is 2. The highest BCUT2D eigenvalue weighted by Crippen LogP contribution is 2.58. The minimum atomic E-state index is -0.839. The molecule has 2 aliphatic rings. The summed E-state index contributed by atoms with van der Waals surface area (Å²) in [5.74, 6) is -0.0178. The van der Waals surface area contributed by atoms with Gasteiger partial charge in [-0.05, 0) is 42.6 Å². The summed E-state index contributed by atoms with van der Waals surface area (Å²) in [5, 5.41) is 9.16. The summed E-state index contributed by atoms with van der Waals surface area (Å²) in [4.78, 5) is 24.3. The van der Waals surface area contributed by atoms with Crippen molar-refractivity contribution in [1.82, 2.24) is 4.90 Å². The summed E-state index contributed by atoms with van der Waals surface area (Å²) in [6.07, 6.45) is 4.26. The molecule has 1 aromatic carbocycles. The van der Waals surface area contributed by atoms with Crippen molar-refractivity contribution in [3.8, 4) is 0 Å². The van der Waals surface area contributed by atoms with Gasteiger partial charge in [0.2, 0.25) is 0 Å². The number of nitrogens with zero attached hydrogens (tertiary/aromatic N) is 1. The molecule has 1 aliphatic carbocycles. The van der Waals surface area contributed by atoms with E-state index >= 15 is 0 Å². The third kappa shape index (κ3) is 3.16. The zero-order valence-corrected chi connectivity index (χ0v) is 13.9. The Balaban J connectivity index is 1.78. The smallest absolute Gasteiger partial charge is 0.407 e. The Morgan fingerprint density at radius 2 is 1.96 bits per heavy atom. The summed E-state index contributed by atoms with van der Waals surface area (Å²) in [6.45, 7) is 1.15. The molecule has 2 fully saturated rings. The second-order valence-electron chi connectivity index (χ2n) is 6.79. The number of carbonyl (C=O) groups excluding carboxylic acids is 1. The Hall–Kier alpha value is -2.30. The van der Waals surface area contributed by atoms with Gasteiger partial charge in [0.25, 0.3) is 0 Å². The third-order valence-electron chi connectivity index (χ3n) is 5.56. The van der Waals surface area contributed by atoms with Crippen molar-refractivity contribution in [2.24, 2.45) is 11.3 Å². The first-order valence-electron chi connectivity index (χ1n) is 8.34. The molecule has 5 nitrogen and oxygen atoms in total. The highest BCUT2D eigenvalue weighted by molar-refractivity contribution is 5.83. The van der Waals surface area contributed by atoms with Crippen LogP contribution in [0.25, 0.3) is 0 Å². The largest absolute Gasteiger partial charge is 0.466 e. The van der Waals surface area contributed by atoms with Crippen molar-refractivity contribution >= 4 is 12.1 Å². The molecule has 24 heavy (non-hydrogen) atoms. The monoisotopic (exact) mass is 329 g/mol. The van der Waals surface area contributed by atoms with Crippen LogP contribution in [-0.2, 0) is 16.0 Å². The lowest BCUT2D eigenvalue weighted by Crippen LogP contribution is -2.52. The summed E-state index contributed by atoms with van der Waals surface area (Å²) >= 11 is 0. The molecule has 5 heteroatoms. The van der Waals surface area contributed by atoms with Crippen LogP contribution in [0.15, 0.2) is 42.0 Å². The Bertz CT molecular complexity index is 645. The second-order valence-corrected chi connectivity index (χ2v) is 6.79. The molecular formula is C19H23NO4. The zero-order chi connectivity index (χ0) is 17.2.